The van der Waals surface area contributed by atoms with Crippen molar-refractivity contribution in [2.75, 3.05) is 7.05 Å². The Morgan fingerprint density at radius 1 is 0.950 bits per heavy atom. The lowest BCUT2D eigenvalue weighted by molar-refractivity contribution is 0.685. The van der Waals surface area contributed by atoms with Gasteiger partial charge in [-0.1, -0.05) is 46.3 Å². The molecule has 2 heteroatoms. The molecule has 0 aromatic heterocycles. The molecule has 0 aliphatic heterocycles. The third kappa shape index (κ3) is 2.82. The van der Waals surface area contributed by atoms with Gasteiger partial charge in [0.05, 0.1) is 6.04 Å². The van der Waals surface area contributed by atoms with Gasteiger partial charge in [0.25, 0.3) is 0 Å². The summed E-state index contributed by atoms with van der Waals surface area (Å²) in [5, 5.41) is 3.46. The molecular formula is C18H22BrN. The van der Waals surface area contributed by atoms with Crippen LogP contribution in [-0.2, 0) is 0 Å². The molecule has 0 radical (unpaired) electrons. The van der Waals surface area contributed by atoms with E-state index in [9.17, 15) is 0 Å². The van der Waals surface area contributed by atoms with Crippen molar-refractivity contribution in [1.29, 1.82) is 0 Å². The van der Waals surface area contributed by atoms with E-state index in [2.05, 4.69) is 79.3 Å². The summed E-state index contributed by atoms with van der Waals surface area (Å²) >= 11 is 3.65. The number of rotatable bonds is 3. The quantitative estimate of drug-likeness (QED) is 0.835. The molecule has 0 fully saturated rings. The molecule has 1 nitrogen and oxygen atoms in total. The largest absolute Gasteiger partial charge is 0.309 e. The Morgan fingerprint density at radius 2 is 1.55 bits per heavy atom. The minimum atomic E-state index is 0.236. The molecule has 1 atom stereocenters. The summed E-state index contributed by atoms with van der Waals surface area (Å²) in [7, 11) is 2.03. The summed E-state index contributed by atoms with van der Waals surface area (Å²) in [5.41, 5.74) is 7.95. The van der Waals surface area contributed by atoms with E-state index in [1.165, 1.54) is 37.9 Å². The number of halogens is 1. The van der Waals surface area contributed by atoms with Crippen molar-refractivity contribution >= 4 is 15.9 Å². The molecular weight excluding hydrogens is 310 g/mol. The zero-order valence-corrected chi connectivity index (χ0v) is 14.4. The van der Waals surface area contributed by atoms with Crippen LogP contribution in [0.25, 0.3) is 0 Å². The van der Waals surface area contributed by atoms with Gasteiger partial charge in [0.15, 0.2) is 0 Å². The van der Waals surface area contributed by atoms with Crippen molar-refractivity contribution in [1.82, 2.24) is 5.32 Å². The minimum Gasteiger partial charge on any atom is -0.309 e. The Kier molecular flexibility index (Phi) is 4.66. The van der Waals surface area contributed by atoms with E-state index >= 15 is 0 Å². The number of benzene rings is 2. The second-order valence-corrected chi connectivity index (χ2v) is 6.27. The molecule has 1 unspecified atom stereocenters. The summed E-state index contributed by atoms with van der Waals surface area (Å²) in [5.74, 6) is 0. The average Bonchev–Trinajstić information content (AvgIpc) is 2.41. The molecule has 0 aliphatic rings. The van der Waals surface area contributed by atoms with Crippen molar-refractivity contribution < 1.29 is 0 Å². The van der Waals surface area contributed by atoms with E-state index in [0.717, 1.165) is 0 Å². The molecule has 20 heavy (non-hydrogen) atoms. The van der Waals surface area contributed by atoms with Crippen LogP contribution in [0.15, 0.2) is 34.8 Å². The summed E-state index contributed by atoms with van der Waals surface area (Å²) < 4.78 is 1.21. The highest BCUT2D eigenvalue weighted by atomic mass is 79.9. The second-order valence-electron chi connectivity index (χ2n) is 5.48. The highest BCUT2D eigenvalue weighted by Gasteiger charge is 2.16. The first kappa shape index (κ1) is 15.3. The first-order valence-corrected chi connectivity index (χ1v) is 7.75. The summed E-state index contributed by atoms with van der Waals surface area (Å²) in [6, 6.07) is 11.3. The van der Waals surface area contributed by atoms with Gasteiger partial charge in [-0.3, -0.25) is 0 Å². The van der Waals surface area contributed by atoms with Crippen LogP contribution in [0, 0.1) is 27.7 Å². The Hall–Kier alpha value is -1.12. The predicted molar refractivity (Wildman–Crippen MR) is 90.4 cm³/mol. The number of hydrogen-bond donors (Lipinski definition) is 1. The zero-order valence-electron chi connectivity index (χ0n) is 12.8. The van der Waals surface area contributed by atoms with Crippen LogP contribution in [0.5, 0.6) is 0 Å². The SMILES string of the molecule is CNC(c1cc(C)c(Br)c(C)c1)c1cccc(C)c1C. The topological polar surface area (TPSA) is 12.0 Å². The van der Waals surface area contributed by atoms with Gasteiger partial charge in [-0.2, -0.15) is 0 Å². The molecule has 0 bridgehead atoms. The van der Waals surface area contributed by atoms with Gasteiger partial charge in [0.2, 0.25) is 0 Å². The van der Waals surface area contributed by atoms with Crippen LogP contribution in [-0.4, -0.2) is 7.05 Å². The fraction of sp³-hybridized carbons (Fsp3) is 0.333. The van der Waals surface area contributed by atoms with Crippen molar-refractivity contribution in [2.45, 2.75) is 33.7 Å². The monoisotopic (exact) mass is 331 g/mol. The van der Waals surface area contributed by atoms with Crippen molar-refractivity contribution in [3.05, 3.63) is 68.2 Å². The Balaban J connectivity index is 2.55. The third-order valence-electron chi connectivity index (χ3n) is 4.04. The maximum absolute atomic E-state index is 3.65. The van der Waals surface area contributed by atoms with Crippen LogP contribution in [0.1, 0.15) is 39.4 Å². The molecule has 2 rings (SSSR count). The Morgan fingerprint density at radius 3 is 2.10 bits per heavy atom. The summed E-state index contributed by atoms with van der Waals surface area (Å²) in [4.78, 5) is 0. The summed E-state index contributed by atoms with van der Waals surface area (Å²) in [6.45, 7) is 8.67. The second kappa shape index (κ2) is 6.11. The maximum atomic E-state index is 3.65. The van der Waals surface area contributed by atoms with Gasteiger partial charge in [0, 0.05) is 4.47 Å². The highest BCUT2D eigenvalue weighted by Crippen LogP contribution is 2.30. The van der Waals surface area contributed by atoms with Gasteiger partial charge < -0.3 is 5.32 Å². The maximum Gasteiger partial charge on any atom is 0.0577 e. The van der Waals surface area contributed by atoms with Gasteiger partial charge in [-0.25, -0.2) is 0 Å². The third-order valence-corrected chi connectivity index (χ3v) is 5.29. The van der Waals surface area contributed by atoms with Crippen LogP contribution in [0.2, 0.25) is 0 Å². The van der Waals surface area contributed by atoms with Crippen molar-refractivity contribution in [2.24, 2.45) is 0 Å². The smallest absolute Gasteiger partial charge is 0.0577 e. The van der Waals surface area contributed by atoms with Gasteiger partial charge in [-0.05, 0) is 68.1 Å². The number of aryl methyl sites for hydroxylation is 3. The van der Waals surface area contributed by atoms with E-state index in [-0.39, 0.29) is 6.04 Å². The highest BCUT2D eigenvalue weighted by molar-refractivity contribution is 9.10. The fourth-order valence-electron chi connectivity index (χ4n) is 2.73. The lowest BCUT2D eigenvalue weighted by Crippen LogP contribution is -2.19. The molecule has 2 aromatic rings. The number of hydrogen-bond acceptors (Lipinski definition) is 1. The molecule has 0 amide bonds. The lowest BCUT2D eigenvalue weighted by atomic mass is 9.91. The van der Waals surface area contributed by atoms with E-state index in [4.69, 9.17) is 0 Å². The van der Waals surface area contributed by atoms with Crippen LogP contribution in [0.4, 0.5) is 0 Å². The zero-order chi connectivity index (χ0) is 14.9. The molecule has 0 spiro atoms. The Labute approximate surface area is 130 Å². The van der Waals surface area contributed by atoms with E-state index < -0.39 is 0 Å². The molecule has 0 saturated carbocycles. The first-order valence-electron chi connectivity index (χ1n) is 6.95. The van der Waals surface area contributed by atoms with E-state index in [0.29, 0.717) is 0 Å². The van der Waals surface area contributed by atoms with Crippen LogP contribution in [0.3, 0.4) is 0 Å². The standard InChI is InChI=1S/C18H22BrN/c1-11-7-6-8-16(14(11)4)18(20-5)15-9-12(2)17(19)13(3)10-15/h6-10,18,20H,1-5H3. The minimum absolute atomic E-state index is 0.236. The van der Waals surface area contributed by atoms with Crippen LogP contribution < -0.4 is 5.32 Å². The molecule has 0 saturated heterocycles. The van der Waals surface area contributed by atoms with Crippen molar-refractivity contribution in [3.8, 4) is 0 Å². The Bertz CT molecular complexity index is 608. The molecule has 106 valence electrons. The first-order chi connectivity index (χ1) is 9.45. The van der Waals surface area contributed by atoms with Gasteiger partial charge >= 0.3 is 0 Å². The number of nitrogens with one attached hydrogen (secondary N) is 1. The van der Waals surface area contributed by atoms with Crippen LogP contribution >= 0.6 is 15.9 Å². The molecule has 1 N–H and O–H groups in total. The lowest BCUT2D eigenvalue weighted by Gasteiger charge is -2.22. The fourth-order valence-corrected chi connectivity index (χ4v) is 2.96. The molecule has 2 aromatic carbocycles. The normalized spacial score (nSPS) is 12.5. The van der Waals surface area contributed by atoms with E-state index in [1.807, 2.05) is 7.05 Å². The predicted octanol–water partition coefficient (Wildman–Crippen LogP) is 4.99. The average molecular weight is 332 g/mol. The summed E-state index contributed by atoms with van der Waals surface area (Å²) in [6.07, 6.45) is 0. The van der Waals surface area contributed by atoms with E-state index in [1.54, 1.807) is 0 Å². The molecule has 0 aliphatic carbocycles. The van der Waals surface area contributed by atoms with Gasteiger partial charge in [-0.15, -0.1) is 0 Å². The van der Waals surface area contributed by atoms with Gasteiger partial charge in [0.1, 0.15) is 0 Å². The van der Waals surface area contributed by atoms with Crippen molar-refractivity contribution in [3.63, 3.8) is 0 Å². The molecule has 0 heterocycles.